The Labute approximate surface area is 145 Å². The number of amides is 1. The number of nitrogens with one attached hydrogen (secondary N) is 1. The Morgan fingerprint density at radius 3 is 2.67 bits per heavy atom. The summed E-state index contributed by atoms with van der Waals surface area (Å²) in [5.41, 5.74) is 4.17. The fraction of sp³-hybridized carbons (Fsp3) is 0.368. The third kappa shape index (κ3) is 3.08. The molecule has 0 unspecified atom stereocenters. The molecule has 1 aliphatic rings. The van der Waals surface area contributed by atoms with E-state index < -0.39 is 0 Å². The van der Waals surface area contributed by atoms with Crippen molar-refractivity contribution in [2.45, 2.75) is 39.5 Å². The smallest absolute Gasteiger partial charge is 0.341 e. The zero-order chi connectivity index (χ0) is 17.3. The number of carbonyl (C=O) groups is 2. The second-order valence-corrected chi connectivity index (χ2v) is 7.28. The van der Waals surface area contributed by atoms with Crippen LogP contribution in [-0.4, -0.2) is 19.0 Å². The van der Waals surface area contributed by atoms with Gasteiger partial charge in [-0.15, -0.1) is 11.3 Å². The van der Waals surface area contributed by atoms with E-state index >= 15 is 0 Å². The number of fused-ring (bicyclic) bond motifs is 1. The molecule has 0 spiro atoms. The first-order valence-corrected chi connectivity index (χ1v) is 8.94. The molecular formula is C19H21NO3S. The number of anilines is 1. The Balaban J connectivity index is 1.97. The number of hydrogen-bond donors (Lipinski definition) is 1. The van der Waals surface area contributed by atoms with Crippen molar-refractivity contribution in [1.82, 2.24) is 0 Å². The summed E-state index contributed by atoms with van der Waals surface area (Å²) in [6.45, 7) is 3.87. The van der Waals surface area contributed by atoms with Gasteiger partial charge in [0.15, 0.2) is 0 Å². The third-order valence-electron chi connectivity index (χ3n) is 4.43. The average Bonchev–Trinajstić information content (AvgIpc) is 2.94. The van der Waals surface area contributed by atoms with Crippen molar-refractivity contribution in [2.24, 2.45) is 0 Å². The number of thiophene rings is 1. The molecule has 0 aliphatic heterocycles. The van der Waals surface area contributed by atoms with E-state index in [0.29, 0.717) is 16.1 Å². The lowest BCUT2D eigenvalue weighted by Gasteiger charge is -2.12. The first-order chi connectivity index (χ1) is 11.5. The van der Waals surface area contributed by atoms with Gasteiger partial charge in [-0.3, -0.25) is 4.79 Å². The zero-order valence-corrected chi connectivity index (χ0v) is 15.0. The van der Waals surface area contributed by atoms with Crippen molar-refractivity contribution in [1.29, 1.82) is 0 Å². The Bertz CT molecular complexity index is 807. The molecular weight excluding hydrogens is 322 g/mol. The molecule has 1 aromatic carbocycles. The summed E-state index contributed by atoms with van der Waals surface area (Å²) in [5.74, 6) is -0.550. The third-order valence-corrected chi connectivity index (χ3v) is 5.63. The van der Waals surface area contributed by atoms with Crippen LogP contribution in [0.2, 0.25) is 0 Å². The number of ether oxygens (including phenoxy) is 1. The molecule has 0 bridgehead atoms. The van der Waals surface area contributed by atoms with E-state index in [1.165, 1.54) is 23.3 Å². The summed E-state index contributed by atoms with van der Waals surface area (Å²) in [6.07, 6.45) is 4.02. The minimum absolute atomic E-state index is 0.181. The van der Waals surface area contributed by atoms with E-state index in [4.69, 9.17) is 4.74 Å². The van der Waals surface area contributed by atoms with Crippen molar-refractivity contribution in [2.75, 3.05) is 12.4 Å². The Morgan fingerprint density at radius 1 is 1.17 bits per heavy atom. The maximum Gasteiger partial charge on any atom is 0.341 e. The van der Waals surface area contributed by atoms with Crippen molar-refractivity contribution >= 4 is 28.2 Å². The summed E-state index contributed by atoms with van der Waals surface area (Å²) in [7, 11) is 1.38. The average molecular weight is 343 g/mol. The molecule has 0 fully saturated rings. The van der Waals surface area contributed by atoms with E-state index in [-0.39, 0.29) is 11.9 Å². The van der Waals surface area contributed by atoms with Gasteiger partial charge in [0, 0.05) is 10.4 Å². The number of methoxy groups -OCH3 is 1. The number of hydrogen-bond acceptors (Lipinski definition) is 4. The number of carbonyl (C=O) groups excluding carboxylic acids is 2. The van der Waals surface area contributed by atoms with Crippen molar-refractivity contribution < 1.29 is 14.3 Å². The van der Waals surface area contributed by atoms with Crippen LogP contribution >= 0.6 is 11.3 Å². The SMILES string of the molecule is COC(=O)c1c(NC(=O)c2cc(C)ccc2C)sc2c1CCCC2. The monoisotopic (exact) mass is 343 g/mol. The second kappa shape index (κ2) is 6.77. The first kappa shape index (κ1) is 16.7. The lowest BCUT2D eigenvalue weighted by molar-refractivity contribution is 0.0601. The summed E-state index contributed by atoms with van der Waals surface area (Å²) < 4.78 is 4.95. The van der Waals surface area contributed by atoms with Crippen molar-refractivity contribution in [3.05, 3.63) is 50.9 Å². The quantitative estimate of drug-likeness (QED) is 0.846. The molecule has 24 heavy (non-hydrogen) atoms. The maximum atomic E-state index is 12.7. The Kier molecular flexibility index (Phi) is 4.71. The zero-order valence-electron chi connectivity index (χ0n) is 14.2. The van der Waals surface area contributed by atoms with Crippen LogP contribution < -0.4 is 5.32 Å². The fourth-order valence-corrected chi connectivity index (χ4v) is 4.40. The highest BCUT2D eigenvalue weighted by Crippen LogP contribution is 2.38. The first-order valence-electron chi connectivity index (χ1n) is 8.12. The van der Waals surface area contributed by atoms with Gasteiger partial charge < -0.3 is 10.1 Å². The van der Waals surface area contributed by atoms with Gasteiger partial charge in [0.1, 0.15) is 5.00 Å². The highest BCUT2D eigenvalue weighted by molar-refractivity contribution is 7.17. The van der Waals surface area contributed by atoms with Gasteiger partial charge in [0.05, 0.1) is 12.7 Å². The van der Waals surface area contributed by atoms with E-state index in [1.54, 1.807) is 0 Å². The molecule has 1 aromatic heterocycles. The molecule has 1 amide bonds. The van der Waals surface area contributed by atoms with Gasteiger partial charge in [0.2, 0.25) is 0 Å². The summed E-state index contributed by atoms with van der Waals surface area (Å²) in [5, 5.41) is 3.56. The minimum Gasteiger partial charge on any atom is -0.465 e. The Morgan fingerprint density at radius 2 is 1.92 bits per heavy atom. The molecule has 126 valence electrons. The molecule has 3 rings (SSSR count). The highest BCUT2D eigenvalue weighted by atomic mass is 32.1. The number of benzene rings is 1. The van der Waals surface area contributed by atoms with E-state index in [0.717, 1.165) is 42.4 Å². The predicted molar refractivity (Wildman–Crippen MR) is 96.2 cm³/mol. The summed E-state index contributed by atoms with van der Waals surface area (Å²) >= 11 is 1.51. The van der Waals surface area contributed by atoms with Crippen LogP contribution in [0.15, 0.2) is 18.2 Å². The van der Waals surface area contributed by atoms with E-state index in [9.17, 15) is 9.59 Å². The van der Waals surface area contributed by atoms with Crippen LogP contribution in [0.3, 0.4) is 0 Å². The number of esters is 1. The topological polar surface area (TPSA) is 55.4 Å². The van der Waals surface area contributed by atoms with E-state index in [2.05, 4.69) is 5.32 Å². The summed E-state index contributed by atoms with van der Waals surface area (Å²) in [4.78, 5) is 26.1. The highest BCUT2D eigenvalue weighted by Gasteiger charge is 2.27. The lowest BCUT2D eigenvalue weighted by Crippen LogP contribution is -2.16. The van der Waals surface area contributed by atoms with Gasteiger partial charge in [-0.2, -0.15) is 0 Å². The second-order valence-electron chi connectivity index (χ2n) is 6.18. The molecule has 1 aliphatic carbocycles. The van der Waals surface area contributed by atoms with Crippen LogP contribution in [0, 0.1) is 13.8 Å². The van der Waals surface area contributed by atoms with Gasteiger partial charge >= 0.3 is 5.97 Å². The molecule has 2 aromatic rings. The predicted octanol–water partition coefficient (Wildman–Crippen LogP) is 4.28. The van der Waals surface area contributed by atoms with Crippen molar-refractivity contribution in [3.63, 3.8) is 0 Å². The van der Waals surface area contributed by atoms with Crippen LogP contribution in [0.25, 0.3) is 0 Å². The number of rotatable bonds is 3. The largest absolute Gasteiger partial charge is 0.465 e. The fourth-order valence-electron chi connectivity index (χ4n) is 3.12. The molecule has 1 heterocycles. The molecule has 0 saturated carbocycles. The van der Waals surface area contributed by atoms with Gasteiger partial charge in [-0.05, 0) is 56.7 Å². The Hall–Kier alpha value is -2.14. The van der Waals surface area contributed by atoms with Crippen molar-refractivity contribution in [3.8, 4) is 0 Å². The molecule has 4 nitrogen and oxygen atoms in total. The molecule has 1 N–H and O–H groups in total. The van der Waals surface area contributed by atoms with Crippen LogP contribution in [0.1, 0.15) is 55.1 Å². The van der Waals surface area contributed by atoms with E-state index in [1.807, 2.05) is 32.0 Å². The van der Waals surface area contributed by atoms with Crippen LogP contribution in [0.4, 0.5) is 5.00 Å². The lowest BCUT2D eigenvalue weighted by atomic mass is 9.95. The molecule has 0 atom stereocenters. The molecule has 0 radical (unpaired) electrons. The normalized spacial score (nSPS) is 13.3. The van der Waals surface area contributed by atoms with Crippen LogP contribution in [0.5, 0.6) is 0 Å². The number of aryl methyl sites for hydroxylation is 3. The standard InChI is InChI=1S/C19H21NO3S/c1-11-8-9-12(2)14(10-11)17(21)20-18-16(19(22)23-3)13-6-4-5-7-15(13)24-18/h8-10H,4-7H2,1-3H3,(H,20,21). The van der Waals surface area contributed by atoms with Gasteiger partial charge in [-0.1, -0.05) is 17.7 Å². The summed E-state index contributed by atoms with van der Waals surface area (Å²) in [6, 6.07) is 5.79. The maximum absolute atomic E-state index is 12.7. The van der Waals surface area contributed by atoms with Crippen LogP contribution in [-0.2, 0) is 17.6 Å². The van der Waals surface area contributed by atoms with Gasteiger partial charge in [-0.25, -0.2) is 4.79 Å². The molecule has 5 heteroatoms. The van der Waals surface area contributed by atoms with Gasteiger partial charge in [0.25, 0.3) is 5.91 Å². The minimum atomic E-state index is -0.370. The molecule has 0 saturated heterocycles.